The van der Waals surface area contributed by atoms with E-state index in [-0.39, 0.29) is 30.5 Å². The predicted molar refractivity (Wildman–Crippen MR) is 185 cm³/mol. The molecule has 1 aliphatic carbocycles. The molecule has 1 aliphatic heterocycles. The first-order valence-electron chi connectivity index (χ1n) is 15.5. The van der Waals surface area contributed by atoms with E-state index in [1.54, 1.807) is 4.90 Å². The summed E-state index contributed by atoms with van der Waals surface area (Å²) >= 11 is 1.46. The van der Waals surface area contributed by atoms with E-state index in [9.17, 15) is 13.6 Å². The highest BCUT2D eigenvalue weighted by Crippen LogP contribution is 2.40. The molecule has 0 bridgehead atoms. The second-order valence-electron chi connectivity index (χ2n) is 11.9. The van der Waals surface area contributed by atoms with Gasteiger partial charge in [-0.15, -0.1) is 11.3 Å². The zero-order valence-electron chi connectivity index (χ0n) is 26.9. The highest BCUT2D eigenvalue weighted by Gasteiger charge is 2.29. The van der Waals surface area contributed by atoms with E-state index in [4.69, 9.17) is 19.9 Å². The maximum atomic E-state index is 14.7. The van der Waals surface area contributed by atoms with Crippen molar-refractivity contribution >= 4 is 44.4 Å². The summed E-state index contributed by atoms with van der Waals surface area (Å²) in [5, 5.41) is 16.4. The van der Waals surface area contributed by atoms with Gasteiger partial charge in [-0.1, -0.05) is 19.2 Å². The van der Waals surface area contributed by atoms with Crippen LogP contribution in [0.4, 0.5) is 8.78 Å². The summed E-state index contributed by atoms with van der Waals surface area (Å²) in [7, 11) is 1.98. The van der Waals surface area contributed by atoms with Gasteiger partial charge in [-0.3, -0.25) is 9.48 Å². The first-order valence-corrected chi connectivity index (χ1v) is 16.4. The van der Waals surface area contributed by atoms with Crippen LogP contribution in [0.25, 0.3) is 49.8 Å². The molecule has 0 spiro atoms. The van der Waals surface area contributed by atoms with Gasteiger partial charge in [0.2, 0.25) is 5.91 Å². The molecule has 1 atom stereocenters. The van der Waals surface area contributed by atoms with Gasteiger partial charge < -0.3 is 19.3 Å². The summed E-state index contributed by atoms with van der Waals surface area (Å²) in [6.07, 6.45) is 6.62. The van der Waals surface area contributed by atoms with E-state index in [1.807, 2.05) is 65.9 Å². The molecule has 5 aromatic rings. The maximum absolute atomic E-state index is 14.7. The highest BCUT2D eigenvalue weighted by atomic mass is 32.1. The van der Waals surface area contributed by atoms with Crippen LogP contribution in [0.2, 0.25) is 0 Å². The van der Waals surface area contributed by atoms with E-state index in [1.165, 1.54) is 29.8 Å². The highest BCUT2D eigenvalue weighted by molar-refractivity contribution is 7.17. The minimum Gasteiger partial charge on any atom is -0.498 e. The first kappa shape index (κ1) is 33.0. The Kier molecular flexibility index (Phi) is 9.38. The second-order valence-corrected chi connectivity index (χ2v) is 12.8. The molecule has 1 amide bonds. The number of thiophene rings is 1. The molecule has 0 radical (unpaired) electrons. The molecule has 9 nitrogen and oxygen atoms in total. The van der Waals surface area contributed by atoms with Crippen LogP contribution in [0, 0.1) is 6.92 Å². The lowest BCUT2D eigenvalue weighted by atomic mass is 9.92. The molecule has 5 heterocycles. The van der Waals surface area contributed by atoms with Crippen LogP contribution in [-0.2, 0) is 23.1 Å². The second kappa shape index (κ2) is 13.7. The number of hydrogen-bond donors (Lipinski definition) is 1. The van der Waals surface area contributed by atoms with Crippen LogP contribution in [0.5, 0.6) is 0 Å². The van der Waals surface area contributed by atoms with Crippen LogP contribution < -0.4 is 0 Å². The van der Waals surface area contributed by atoms with Crippen molar-refractivity contribution in [1.29, 1.82) is 0 Å². The number of imidazole rings is 1. The number of pyridine rings is 1. The van der Waals surface area contributed by atoms with Crippen LogP contribution in [0.3, 0.4) is 0 Å². The van der Waals surface area contributed by atoms with Gasteiger partial charge in [0.15, 0.2) is 0 Å². The van der Waals surface area contributed by atoms with Crippen molar-refractivity contribution in [2.75, 3.05) is 6.54 Å². The molecule has 1 fully saturated rings. The number of allylic oxidation sites excluding steroid dienone is 2. The topological polar surface area (TPSA) is 98.3 Å². The number of nitrogens with zero attached hydrogens (tertiary/aromatic N) is 6. The van der Waals surface area contributed by atoms with Gasteiger partial charge in [-0.2, -0.15) is 5.10 Å². The van der Waals surface area contributed by atoms with Gasteiger partial charge in [-0.25, -0.2) is 18.7 Å². The summed E-state index contributed by atoms with van der Waals surface area (Å²) in [6, 6.07) is 9.80. The van der Waals surface area contributed by atoms with Crippen molar-refractivity contribution in [2.45, 2.75) is 51.5 Å². The average molecular weight is 671 g/mol. The molecular weight excluding hydrogens is 634 g/mol. The Morgan fingerprint density at radius 3 is 2.67 bits per heavy atom. The number of rotatable bonds is 7. The third-order valence-electron chi connectivity index (χ3n) is 8.68. The number of aryl methyl sites for hydroxylation is 2. The molecule has 1 N–H and O–H groups in total. The molecule has 0 saturated heterocycles. The molecule has 1 aromatic carbocycles. The van der Waals surface area contributed by atoms with E-state index < -0.39 is 5.83 Å². The largest absolute Gasteiger partial charge is 0.498 e. The number of aromatic nitrogens is 5. The lowest BCUT2D eigenvalue weighted by molar-refractivity contribution is -0.127. The summed E-state index contributed by atoms with van der Waals surface area (Å²) in [5.41, 5.74) is 5.82. The van der Waals surface area contributed by atoms with Crippen molar-refractivity contribution in [3.63, 3.8) is 0 Å². The summed E-state index contributed by atoms with van der Waals surface area (Å²) in [6.45, 7) is 11.8. The third-order valence-corrected chi connectivity index (χ3v) is 9.63. The van der Waals surface area contributed by atoms with E-state index in [2.05, 4.69) is 18.1 Å². The predicted octanol–water partition coefficient (Wildman–Crippen LogP) is 7.57. The molecule has 48 heavy (non-hydrogen) atoms. The van der Waals surface area contributed by atoms with Gasteiger partial charge in [0.25, 0.3) is 0 Å². The lowest BCUT2D eigenvalue weighted by Crippen LogP contribution is -2.39. The van der Waals surface area contributed by atoms with Crippen LogP contribution >= 0.6 is 11.3 Å². The molecule has 1 saturated carbocycles. The average Bonchev–Trinajstić information content (AvgIpc) is 3.78. The van der Waals surface area contributed by atoms with Crippen molar-refractivity contribution in [2.24, 2.45) is 7.05 Å². The van der Waals surface area contributed by atoms with E-state index >= 15 is 0 Å². The normalized spacial score (nSPS) is 19.2. The molecular formula is C36H36F2N6O3S. The van der Waals surface area contributed by atoms with Crippen LogP contribution in [0.1, 0.15) is 42.9 Å². The fourth-order valence-corrected chi connectivity index (χ4v) is 7.01. The number of carbonyl (C=O) groups is 1. The SMILES string of the molecule is C=CC(=O)N1Cc2cc(-c3nc(-c4ccc5c(c4)nc(C)n5C)c4ccsc4c3C=C(F)/C=C/F)nn2C(C)C1.C=COC1CC(O)C1. The Morgan fingerprint density at radius 1 is 1.17 bits per heavy atom. The quantitative estimate of drug-likeness (QED) is 0.109. The lowest BCUT2D eigenvalue weighted by Gasteiger charge is -2.31. The Morgan fingerprint density at radius 2 is 1.96 bits per heavy atom. The van der Waals surface area contributed by atoms with E-state index in [0.29, 0.717) is 30.0 Å². The van der Waals surface area contributed by atoms with Gasteiger partial charge >= 0.3 is 0 Å². The third kappa shape index (κ3) is 6.33. The van der Waals surface area contributed by atoms with Crippen molar-refractivity contribution in [3.8, 4) is 22.6 Å². The number of carbonyl (C=O) groups excluding carboxylic acids is 1. The molecule has 12 heteroatoms. The summed E-state index contributed by atoms with van der Waals surface area (Å²) < 4.78 is 37.3. The Bertz CT molecular complexity index is 2090. The molecule has 7 rings (SSSR count). The van der Waals surface area contributed by atoms with E-state index in [0.717, 1.165) is 62.8 Å². The number of ether oxygens (including phenoxy) is 1. The monoisotopic (exact) mass is 670 g/mol. The molecule has 2 aliphatic rings. The smallest absolute Gasteiger partial charge is 0.246 e. The van der Waals surface area contributed by atoms with Crippen molar-refractivity contribution in [1.82, 2.24) is 29.2 Å². The van der Waals surface area contributed by atoms with Gasteiger partial charge in [-0.05, 0) is 55.6 Å². The van der Waals surface area contributed by atoms with Gasteiger partial charge in [0.1, 0.15) is 29.1 Å². The van der Waals surface area contributed by atoms with Gasteiger partial charge in [0.05, 0.1) is 53.7 Å². The molecule has 4 aromatic heterocycles. The summed E-state index contributed by atoms with van der Waals surface area (Å²) in [4.78, 5) is 23.8. The zero-order chi connectivity index (χ0) is 34.1. The number of amides is 1. The number of aliphatic hydroxyl groups excluding tert-OH is 1. The summed E-state index contributed by atoms with van der Waals surface area (Å²) in [5.74, 6) is 0.0173. The fourth-order valence-electron chi connectivity index (χ4n) is 6.09. The maximum Gasteiger partial charge on any atom is 0.246 e. The van der Waals surface area contributed by atoms with Crippen LogP contribution in [-0.4, -0.2) is 59.0 Å². The number of benzene rings is 1. The number of hydrogen-bond acceptors (Lipinski definition) is 7. The molecule has 248 valence electrons. The first-order chi connectivity index (χ1) is 23.1. The number of fused-ring (bicyclic) bond motifs is 3. The minimum atomic E-state index is -0.738. The minimum absolute atomic E-state index is 0.0775. The Labute approximate surface area is 280 Å². The fraction of sp³-hybridized carbons (Fsp3) is 0.278. The number of halogens is 2. The van der Waals surface area contributed by atoms with Crippen molar-refractivity contribution < 1.29 is 23.4 Å². The standard InChI is InChI=1S/C30H26F2N6OS.C6H10O2/c1-5-27(39)37-15-17(2)38-21(16-37)14-25(35-38)29-23(13-20(32)8-10-31)30-22(9-11-40-30)28(34-29)19-6-7-26-24(12-19)33-18(3)36(26)4;1-2-8-6-3-5(7)4-6/h5-14,17H,1,15-16H2,2-4H3;2,5-7H,1,3-4H2/b10-8+,20-13?;. The van der Waals surface area contributed by atoms with Gasteiger partial charge in [0, 0.05) is 53.7 Å². The molecule has 1 unspecified atom stereocenters. The van der Waals surface area contributed by atoms with Crippen molar-refractivity contribution in [3.05, 3.63) is 96.5 Å². The van der Waals surface area contributed by atoms with Crippen LogP contribution in [0.15, 0.2) is 79.4 Å². The zero-order valence-corrected chi connectivity index (χ0v) is 27.8. The Balaban J connectivity index is 0.000000441. The number of aliphatic hydroxyl groups is 1. The Hall–Kier alpha value is -4.94.